The van der Waals surface area contributed by atoms with Gasteiger partial charge in [0.25, 0.3) is 0 Å². The number of hydrogen-bond acceptors (Lipinski definition) is 3. The summed E-state index contributed by atoms with van der Waals surface area (Å²) in [7, 11) is 1.77. The van der Waals surface area contributed by atoms with Crippen molar-refractivity contribution < 1.29 is 9.47 Å². The third-order valence-corrected chi connectivity index (χ3v) is 3.93. The van der Waals surface area contributed by atoms with Gasteiger partial charge in [-0.15, -0.1) is 0 Å². The van der Waals surface area contributed by atoms with Crippen molar-refractivity contribution in [2.24, 2.45) is 0 Å². The van der Waals surface area contributed by atoms with E-state index in [0.717, 1.165) is 44.8 Å². The number of benzene rings is 1. The topological polar surface area (TPSA) is 30.5 Å². The summed E-state index contributed by atoms with van der Waals surface area (Å²) in [6, 6.07) is 7.26. The lowest BCUT2D eigenvalue weighted by atomic mass is 9.99. The van der Waals surface area contributed by atoms with Crippen LogP contribution in [0.5, 0.6) is 5.75 Å². The Morgan fingerprint density at radius 1 is 1.35 bits per heavy atom. The third-order valence-electron chi connectivity index (χ3n) is 3.93. The molecule has 0 fully saturated rings. The van der Waals surface area contributed by atoms with E-state index in [0.29, 0.717) is 6.04 Å². The molecule has 0 aromatic heterocycles. The van der Waals surface area contributed by atoms with E-state index in [1.54, 1.807) is 7.11 Å². The van der Waals surface area contributed by atoms with E-state index in [1.165, 1.54) is 24.0 Å². The summed E-state index contributed by atoms with van der Waals surface area (Å²) in [5.41, 5.74) is 2.81. The number of methoxy groups -OCH3 is 1. The maximum Gasteiger partial charge on any atom is 0.122 e. The molecule has 1 N–H and O–H groups in total. The van der Waals surface area contributed by atoms with Gasteiger partial charge in [0.1, 0.15) is 5.75 Å². The fourth-order valence-corrected chi connectivity index (χ4v) is 2.85. The molecule has 0 saturated heterocycles. The van der Waals surface area contributed by atoms with Crippen LogP contribution < -0.4 is 10.1 Å². The number of aryl methyl sites for hydroxylation is 1. The minimum absolute atomic E-state index is 0.597. The summed E-state index contributed by atoms with van der Waals surface area (Å²) in [5, 5.41) is 3.58. The molecule has 0 radical (unpaired) electrons. The van der Waals surface area contributed by atoms with Crippen molar-refractivity contribution >= 4 is 0 Å². The maximum atomic E-state index is 5.56. The number of rotatable bonds is 9. The maximum absolute atomic E-state index is 5.56. The summed E-state index contributed by atoms with van der Waals surface area (Å²) in [5.74, 6) is 1.08. The monoisotopic (exact) mass is 277 g/mol. The molecule has 20 heavy (non-hydrogen) atoms. The first kappa shape index (κ1) is 15.3. The summed E-state index contributed by atoms with van der Waals surface area (Å²) in [6.07, 6.45) is 5.71. The number of nitrogens with one attached hydrogen (secondary N) is 1. The fraction of sp³-hybridized carbons (Fsp3) is 0.647. The average Bonchev–Trinajstić information content (AvgIpc) is 2.92. The summed E-state index contributed by atoms with van der Waals surface area (Å²) >= 11 is 0. The van der Waals surface area contributed by atoms with Gasteiger partial charge in [-0.3, -0.25) is 0 Å². The minimum Gasteiger partial charge on any atom is -0.493 e. The molecule has 1 aromatic rings. The molecular weight excluding hydrogens is 250 g/mol. The van der Waals surface area contributed by atoms with Crippen LogP contribution in [0.3, 0.4) is 0 Å². The molecule has 2 rings (SSSR count). The Bertz CT molecular complexity index is 406. The van der Waals surface area contributed by atoms with E-state index in [2.05, 4.69) is 30.4 Å². The van der Waals surface area contributed by atoms with Gasteiger partial charge in [0.15, 0.2) is 0 Å². The largest absolute Gasteiger partial charge is 0.493 e. The third kappa shape index (κ3) is 4.50. The standard InChI is InChI=1S/C17H27NO2/c1-3-18-16(5-4-11-19-2)8-6-14-7-9-17-15(13-14)10-12-20-17/h7,9,13,16,18H,3-6,8,10-12H2,1-2H3. The summed E-state index contributed by atoms with van der Waals surface area (Å²) < 4.78 is 10.7. The second-order valence-electron chi connectivity index (χ2n) is 5.47. The van der Waals surface area contributed by atoms with E-state index in [4.69, 9.17) is 9.47 Å². The fourth-order valence-electron chi connectivity index (χ4n) is 2.85. The Morgan fingerprint density at radius 3 is 3.05 bits per heavy atom. The van der Waals surface area contributed by atoms with Gasteiger partial charge < -0.3 is 14.8 Å². The Balaban J connectivity index is 1.81. The first-order chi connectivity index (χ1) is 9.83. The van der Waals surface area contributed by atoms with Gasteiger partial charge in [0, 0.05) is 26.2 Å². The average molecular weight is 277 g/mol. The molecule has 1 unspecified atom stereocenters. The van der Waals surface area contributed by atoms with Crippen LogP contribution in [0.1, 0.15) is 37.3 Å². The lowest BCUT2D eigenvalue weighted by molar-refractivity contribution is 0.188. The highest BCUT2D eigenvalue weighted by Gasteiger charge is 2.13. The van der Waals surface area contributed by atoms with Gasteiger partial charge in [0.05, 0.1) is 6.61 Å². The van der Waals surface area contributed by atoms with E-state index >= 15 is 0 Å². The van der Waals surface area contributed by atoms with Crippen LogP contribution in [0.2, 0.25) is 0 Å². The Morgan fingerprint density at radius 2 is 2.25 bits per heavy atom. The van der Waals surface area contributed by atoms with Crippen LogP contribution in [-0.4, -0.2) is 32.9 Å². The molecule has 0 spiro atoms. The lowest BCUT2D eigenvalue weighted by Gasteiger charge is -2.17. The molecule has 0 saturated carbocycles. The van der Waals surface area contributed by atoms with Crippen molar-refractivity contribution in [1.29, 1.82) is 0 Å². The first-order valence-corrected chi connectivity index (χ1v) is 7.80. The van der Waals surface area contributed by atoms with Crippen LogP contribution >= 0.6 is 0 Å². The van der Waals surface area contributed by atoms with E-state index in [1.807, 2.05) is 0 Å². The molecular formula is C17H27NO2. The lowest BCUT2D eigenvalue weighted by Crippen LogP contribution is -2.29. The van der Waals surface area contributed by atoms with Crippen molar-refractivity contribution in [2.75, 3.05) is 26.9 Å². The smallest absolute Gasteiger partial charge is 0.122 e. The van der Waals surface area contributed by atoms with Gasteiger partial charge in [0.2, 0.25) is 0 Å². The molecule has 1 aromatic carbocycles. The van der Waals surface area contributed by atoms with E-state index in [-0.39, 0.29) is 0 Å². The molecule has 0 bridgehead atoms. The molecule has 1 aliphatic rings. The minimum atomic E-state index is 0.597. The molecule has 0 aliphatic carbocycles. The Labute approximate surface area is 122 Å². The van der Waals surface area contributed by atoms with Gasteiger partial charge in [-0.2, -0.15) is 0 Å². The van der Waals surface area contributed by atoms with Crippen molar-refractivity contribution in [3.05, 3.63) is 29.3 Å². The number of fused-ring (bicyclic) bond motifs is 1. The van der Waals surface area contributed by atoms with E-state index in [9.17, 15) is 0 Å². The van der Waals surface area contributed by atoms with Crippen LogP contribution in [0.25, 0.3) is 0 Å². The predicted octanol–water partition coefficient (Wildman–Crippen LogP) is 2.96. The van der Waals surface area contributed by atoms with Crippen LogP contribution in [0.4, 0.5) is 0 Å². The number of hydrogen-bond donors (Lipinski definition) is 1. The first-order valence-electron chi connectivity index (χ1n) is 7.80. The molecule has 1 aliphatic heterocycles. The van der Waals surface area contributed by atoms with Crippen molar-refractivity contribution in [3.8, 4) is 5.75 Å². The molecule has 3 nitrogen and oxygen atoms in total. The molecule has 3 heteroatoms. The zero-order valence-electron chi connectivity index (χ0n) is 12.8. The van der Waals surface area contributed by atoms with Crippen molar-refractivity contribution in [3.63, 3.8) is 0 Å². The molecule has 1 atom stereocenters. The van der Waals surface area contributed by atoms with Crippen LogP contribution in [0.15, 0.2) is 18.2 Å². The molecule has 0 amide bonds. The van der Waals surface area contributed by atoms with Gasteiger partial charge >= 0.3 is 0 Å². The zero-order chi connectivity index (χ0) is 14.2. The van der Waals surface area contributed by atoms with Crippen LogP contribution in [0, 0.1) is 0 Å². The predicted molar refractivity (Wildman–Crippen MR) is 82.5 cm³/mol. The van der Waals surface area contributed by atoms with Crippen molar-refractivity contribution in [1.82, 2.24) is 5.32 Å². The second kappa shape index (κ2) is 8.28. The second-order valence-corrected chi connectivity index (χ2v) is 5.47. The zero-order valence-corrected chi connectivity index (χ0v) is 12.8. The number of ether oxygens (including phenoxy) is 2. The van der Waals surface area contributed by atoms with Gasteiger partial charge in [-0.05, 0) is 49.4 Å². The van der Waals surface area contributed by atoms with Crippen LogP contribution in [-0.2, 0) is 17.6 Å². The normalized spacial score (nSPS) is 14.9. The Kier molecular flexibility index (Phi) is 6.34. The summed E-state index contributed by atoms with van der Waals surface area (Å²) in [6.45, 7) is 4.92. The highest BCUT2D eigenvalue weighted by atomic mass is 16.5. The van der Waals surface area contributed by atoms with E-state index < -0.39 is 0 Å². The highest BCUT2D eigenvalue weighted by Crippen LogP contribution is 2.26. The Hall–Kier alpha value is -1.06. The highest BCUT2D eigenvalue weighted by molar-refractivity contribution is 5.39. The van der Waals surface area contributed by atoms with Gasteiger partial charge in [-0.25, -0.2) is 0 Å². The molecule has 112 valence electrons. The molecule has 1 heterocycles. The quantitative estimate of drug-likeness (QED) is 0.704. The van der Waals surface area contributed by atoms with Crippen molar-refractivity contribution in [2.45, 2.75) is 45.1 Å². The SMILES string of the molecule is CCNC(CCCOC)CCc1ccc2c(c1)CCO2. The summed E-state index contributed by atoms with van der Waals surface area (Å²) in [4.78, 5) is 0. The van der Waals surface area contributed by atoms with Gasteiger partial charge in [-0.1, -0.05) is 19.1 Å².